The second-order valence-electron chi connectivity index (χ2n) is 6.06. The Labute approximate surface area is 173 Å². The van der Waals surface area contributed by atoms with Crippen LogP contribution in [0.15, 0.2) is 109 Å². The Bertz CT molecular complexity index is 778. The van der Waals surface area contributed by atoms with Gasteiger partial charge in [0.2, 0.25) is 0 Å². The molecule has 0 heterocycles. The molecule has 2 unspecified atom stereocenters. The van der Waals surface area contributed by atoms with Crippen molar-refractivity contribution < 1.29 is 29.7 Å². The van der Waals surface area contributed by atoms with Gasteiger partial charge in [0.05, 0.1) is 6.10 Å². The Balaban J connectivity index is 0.000000187. The van der Waals surface area contributed by atoms with Crippen LogP contribution in [0.3, 0.4) is 0 Å². The van der Waals surface area contributed by atoms with Crippen LogP contribution in [0.5, 0.6) is 0 Å². The van der Waals surface area contributed by atoms with Crippen LogP contribution in [0, 0.1) is 0 Å². The molecular formula is C24H22O2Ru-6. The first kappa shape index (κ1) is 21.0. The first-order chi connectivity index (χ1) is 12.8. The number of benzene rings is 2. The molecule has 0 saturated carbocycles. The van der Waals surface area contributed by atoms with Crippen LogP contribution in [0.2, 0.25) is 0 Å². The fourth-order valence-corrected chi connectivity index (χ4v) is 2.80. The van der Waals surface area contributed by atoms with Gasteiger partial charge in [0.25, 0.3) is 0 Å². The number of aliphatic hydroxyl groups is 2. The molecule has 0 spiro atoms. The second-order valence-corrected chi connectivity index (χ2v) is 6.06. The van der Waals surface area contributed by atoms with Gasteiger partial charge >= 0.3 is 0 Å². The Morgan fingerprint density at radius 1 is 0.630 bits per heavy atom. The summed E-state index contributed by atoms with van der Waals surface area (Å²) in [6.07, 6.45) is -0.979. The van der Waals surface area contributed by atoms with Gasteiger partial charge in [-0.25, -0.2) is 12.1 Å². The molecule has 0 radical (unpaired) electrons. The zero-order valence-electron chi connectivity index (χ0n) is 14.8. The number of hydrogen-bond donors (Lipinski definition) is 2. The van der Waals surface area contributed by atoms with E-state index >= 15 is 0 Å². The van der Waals surface area contributed by atoms with Crippen LogP contribution in [0.4, 0.5) is 0 Å². The largest absolute Gasteiger partial charge is 0.747 e. The zero-order chi connectivity index (χ0) is 18.2. The molecule has 144 valence electrons. The maximum Gasteiger partial charge on any atom is 0.0602 e. The standard InChI is InChI=1S/2C12H11O.Ru/c2*13-12(11-8-4-5-9-11)10-6-2-1-3-7-10;/h2*1-9,12-13H;/q-5;-1;. The normalized spacial score (nSPS) is 12.2. The summed E-state index contributed by atoms with van der Waals surface area (Å²) in [5, 5.41) is 19.8. The molecule has 3 heteroatoms. The predicted octanol–water partition coefficient (Wildman–Crippen LogP) is 4.97. The van der Waals surface area contributed by atoms with E-state index in [0.717, 1.165) is 22.3 Å². The Morgan fingerprint density at radius 3 is 1.56 bits per heavy atom. The van der Waals surface area contributed by atoms with E-state index in [4.69, 9.17) is 0 Å². The first-order valence-electron chi connectivity index (χ1n) is 8.65. The van der Waals surface area contributed by atoms with Crippen molar-refractivity contribution in [3.05, 3.63) is 131 Å². The SMILES string of the molecule is OC(c1ccccc1)[c-]1[cH-][cH-][cH-][cH-]1.OC(c1ccccc1)[c-]1cccc1.[Ru]. The zero-order valence-corrected chi connectivity index (χ0v) is 16.5. The van der Waals surface area contributed by atoms with E-state index in [-0.39, 0.29) is 19.5 Å². The molecule has 2 atom stereocenters. The van der Waals surface area contributed by atoms with Gasteiger partial charge in [0, 0.05) is 19.5 Å². The molecule has 4 aromatic carbocycles. The minimum absolute atomic E-state index is 0. The molecule has 0 amide bonds. The number of hydrogen-bond acceptors (Lipinski definition) is 2. The summed E-state index contributed by atoms with van der Waals surface area (Å²) in [6, 6.07) is 34.8. The van der Waals surface area contributed by atoms with Gasteiger partial charge in [-0.05, 0) is 5.56 Å². The van der Waals surface area contributed by atoms with Crippen LogP contribution in [0.1, 0.15) is 34.5 Å². The van der Waals surface area contributed by atoms with Gasteiger partial charge in [-0.3, -0.25) is 0 Å². The summed E-state index contributed by atoms with van der Waals surface area (Å²) in [5.41, 5.74) is 3.78. The van der Waals surface area contributed by atoms with E-state index in [2.05, 4.69) is 0 Å². The van der Waals surface area contributed by atoms with Crippen LogP contribution >= 0.6 is 0 Å². The van der Waals surface area contributed by atoms with Crippen LogP contribution in [-0.2, 0) is 19.5 Å². The van der Waals surface area contributed by atoms with Crippen molar-refractivity contribution in [3.8, 4) is 0 Å². The summed E-state index contributed by atoms with van der Waals surface area (Å²) < 4.78 is 0. The van der Waals surface area contributed by atoms with Gasteiger partial charge in [-0.15, -0.1) is 5.56 Å². The predicted molar refractivity (Wildman–Crippen MR) is 105 cm³/mol. The van der Waals surface area contributed by atoms with Crippen molar-refractivity contribution in [2.45, 2.75) is 12.2 Å². The summed E-state index contributed by atoms with van der Waals surface area (Å²) in [5.74, 6) is 0. The maximum absolute atomic E-state index is 9.88. The molecular weight excluding hydrogens is 421 g/mol. The van der Waals surface area contributed by atoms with Gasteiger partial charge < -0.3 is 40.0 Å². The molecule has 27 heavy (non-hydrogen) atoms. The topological polar surface area (TPSA) is 40.5 Å². The van der Waals surface area contributed by atoms with Gasteiger partial charge in [-0.1, -0.05) is 72.3 Å². The van der Waals surface area contributed by atoms with E-state index in [1.807, 2.05) is 109 Å². The third-order valence-corrected chi connectivity index (χ3v) is 4.24. The second kappa shape index (κ2) is 10.7. The van der Waals surface area contributed by atoms with Gasteiger partial charge in [-0.2, -0.15) is 12.1 Å². The van der Waals surface area contributed by atoms with Crippen molar-refractivity contribution in [1.29, 1.82) is 0 Å². The average Bonchev–Trinajstić information content (AvgIpc) is 3.43. The van der Waals surface area contributed by atoms with Gasteiger partial charge in [0.1, 0.15) is 0 Å². The minimum Gasteiger partial charge on any atom is -0.747 e. The number of rotatable bonds is 4. The van der Waals surface area contributed by atoms with E-state index < -0.39 is 12.2 Å². The first-order valence-corrected chi connectivity index (χ1v) is 8.65. The van der Waals surface area contributed by atoms with Crippen LogP contribution in [-0.4, -0.2) is 10.2 Å². The number of aliphatic hydroxyl groups excluding tert-OH is 2. The average molecular weight is 444 g/mol. The Hall–Kier alpha value is -2.32. The van der Waals surface area contributed by atoms with Gasteiger partial charge in [0.15, 0.2) is 0 Å². The molecule has 0 aliphatic carbocycles. The molecule has 4 aromatic rings. The molecule has 0 aliphatic heterocycles. The molecule has 0 saturated heterocycles. The van der Waals surface area contributed by atoms with Crippen molar-refractivity contribution in [1.82, 2.24) is 0 Å². The van der Waals surface area contributed by atoms with E-state index in [1.54, 1.807) is 0 Å². The third kappa shape index (κ3) is 5.84. The molecule has 0 aromatic heterocycles. The smallest absolute Gasteiger partial charge is 0.0602 e. The van der Waals surface area contributed by atoms with E-state index in [9.17, 15) is 10.2 Å². The summed E-state index contributed by atoms with van der Waals surface area (Å²) in [4.78, 5) is 0. The van der Waals surface area contributed by atoms with E-state index in [0.29, 0.717) is 0 Å². The summed E-state index contributed by atoms with van der Waals surface area (Å²) in [6.45, 7) is 0. The Kier molecular flexibility index (Phi) is 8.35. The molecule has 2 nitrogen and oxygen atoms in total. The van der Waals surface area contributed by atoms with Crippen molar-refractivity contribution in [2.75, 3.05) is 0 Å². The van der Waals surface area contributed by atoms with Crippen molar-refractivity contribution in [3.63, 3.8) is 0 Å². The van der Waals surface area contributed by atoms with Crippen molar-refractivity contribution >= 4 is 0 Å². The molecule has 0 fully saturated rings. The fraction of sp³-hybridized carbons (Fsp3) is 0.0833. The van der Waals surface area contributed by atoms with E-state index in [1.165, 1.54) is 0 Å². The molecule has 2 N–H and O–H groups in total. The molecule has 4 rings (SSSR count). The minimum atomic E-state index is -0.490. The fourth-order valence-electron chi connectivity index (χ4n) is 2.80. The molecule has 0 aliphatic rings. The molecule has 0 bridgehead atoms. The van der Waals surface area contributed by atoms with Crippen molar-refractivity contribution in [2.24, 2.45) is 0 Å². The van der Waals surface area contributed by atoms with Crippen LogP contribution < -0.4 is 0 Å². The third-order valence-electron chi connectivity index (χ3n) is 4.24. The quantitative estimate of drug-likeness (QED) is 0.345. The summed E-state index contributed by atoms with van der Waals surface area (Å²) >= 11 is 0. The Morgan fingerprint density at radius 2 is 1.07 bits per heavy atom. The summed E-state index contributed by atoms with van der Waals surface area (Å²) in [7, 11) is 0. The van der Waals surface area contributed by atoms with Crippen LogP contribution in [0.25, 0.3) is 0 Å². The monoisotopic (exact) mass is 444 g/mol. The maximum atomic E-state index is 9.88.